The Morgan fingerprint density at radius 3 is 2.25 bits per heavy atom. The molecule has 1 unspecified atom stereocenters. The maximum atomic E-state index is 13.3. The number of carbonyl (C=O) groups excluding carboxylic acids is 3. The maximum Gasteiger partial charge on any atom is 0.257 e. The summed E-state index contributed by atoms with van der Waals surface area (Å²) in [7, 11) is 0. The number of benzene rings is 1. The number of aryl methyl sites for hydroxylation is 1. The van der Waals surface area contributed by atoms with E-state index in [2.05, 4.69) is 0 Å². The van der Waals surface area contributed by atoms with Gasteiger partial charge in [-0.2, -0.15) is 0 Å². The molecule has 1 heterocycles. The lowest BCUT2D eigenvalue weighted by atomic mass is 9.88. The van der Waals surface area contributed by atoms with Crippen LogP contribution in [0.3, 0.4) is 0 Å². The highest BCUT2D eigenvalue weighted by Gasteiger charge is 2.46. The number of anilines is 1. The lowest BCUT2D eigenvalue weighted by Gasteiger charge is -2.38. The standard InChI is InChI=1S/C23H32N2O3/c1-16-10-12-18(13-11-16)25-20(26)14-19(22(25)28)24(17-8-6-5-7-9-17)21(27)15-23(2,3)4/h10-13,17,19H,5-9,14-15H2,1-4H3. The fourth-order valence-corrected chi connectivity index (χ4v) is 4.33. The van der Waals surface area contributed by atoms with Crippen molar-refractivity contribution in [3.63, 3.8) is 0 Å². The van der Waals surface area contributed by atoms with Crippen LogP contribution in [0.15, 0.2) is 24.3 Å². The Kier molecular flexibility index (Phi) is 5.92. The van der Waals surface area contributed by atoms with Crippen LogP contribution in [0, 0.1) is 12.3 Å². The molecule has 5 heteroatoms. The van der Waals surface area contributed by atoms with Gasteiger partial charge in [0.05, 0.1) is 12.1 Å². The molecule has 2 fully saturated rings. The topological polar surface area (TPSA) is 57.7 Å². The summed E-state index contributed by atoms with van der Waals surface area (Å²) in [6, 6.07) is 6.78. The Balaban J connectivity index is 1.89. The van der Waals surface area contributed by atoms with Crippen molar-refractivity contribution in [1.82, 2.24) is 4.90 Å². The van der Waals surface area contributed by atoms with Crippen molar-refractivity contribution in [3.8, 4) is 0 Å². The summed E-state index contributed by atoms with van der Waals surface area (Å²) in [5.41, 5.74) is 1.50. The van der Waals surface area contributed by atoms with E-state index in [0.717, 1.165) is 31.2 Å². The Bertz CT molecular complexity index is 742. The molecule has 3 rings (SSSR count). The summed E-state index contributed by atoms with van der Waals surface area (Å²) in [5, 5.41) is 0. The van der Waals surface area contributed by atoms with Gasteiger partial charge in [0.25, 0.3) is 5.91 Å². The van der Waals surface area contributed by atoms with Crippen LogP contribution in [0.5, 0.6) is 0 Å². The second-order valence-corrected chi connectivity index (χ2v) is 9.45. The first-order chi connectivity index (χ1) is 13.2. The number of nitrogens with zero attached hydrogens (tertiary/aromatic N) is 2. The molecule has 0 spiro atoms. The highest BCUT2D eigenvalue weighted by atomic mass is 16.2. The van der Waals surface area contributed by atoms with Crippen LogP contribution < -0.4 is 4.90 Å². The maximum absolute atomic E-state index is 13.3. The number of hydrogen-bond donors (Lipinski definition) is 0. The first kappa shape index (κ1) is 20.6. The number of amides is 3. The van der Waals surface area contributed by atoms with Crippen LogP contribution in [0.2, 0.25) is 0 Å². The summed E-state index contributed by atoms with van der Waals surface area (Å²) in [6.07, 6.45) is 5.60. The van der Waals surface area contributed by atoms with Gasteiger partial charge in [0, 0.05) is 12.5 Å². The van der Waals surface area contributed by atoms with Gasteiger partial charge < -0.3 is 4.90 Å². The Labute approximate surface area is 168 Å². The zero-order valence-corrected chi connectivity index (χ0v) is 17.5. The zero-order valence-electron chi connectivity index (χ0n) is 17.5. The van der Waals surface area contributed by atoms with Crippen LogP contribution >= 0.6 is 0 Å². The minimum absolute atomic E-state index is 0.00342. The second kappa shape index (κ2) is 8.06. The average molecular weight is 385 g/mol. The van der Waals surface area contributed by atoms with E-state index in [1.54, 1.807) is 17.0 Å². The van der Waals surface area contributed by atoms with Gasteiger partial charge in [0.1, 0.15) is 6.04 Å². The molecule has 5 nitrogen and oxygen atoms in total. The Hall–Kier alpha value is -2.17. The quantitative estimate of drug-likeness (QED) is 0.730. The van der Waals surface area contributed by atoms with Crippen molar-refractivity contribution in [2.24, 2.45) is 5.41 Å². The summed E-state index contributed by atoms with van der Waals surface area (Å²) < 4.78 is 0. The molecule has 1 aromatic rings. The molecule has 3 amide bonds. The van der Waals surface area contributed by atoms with E-state index in [4.69, 9.17) is 0 Å². The monoisotopic (exact) mass is 384 g/mol. The largest absolute Gasteiger partial charge is 0.327 e. The molecule has 1 aliphatic heterocycles. The van der Waals surface area contributed by atoms with Crippen molar-refractivity contribution in [2.45, 2.75) is 84.7 Å². The Morgan fingerprint density at radius 1 is 1.07 bits per heavy atom. The molecule has 1 aliphatic carbocycles. The summed E-state index contributed by atoms with van der Waals surface area (Å²) in [6.45, 7) is 8.06. The molecule has 1 atom stereocenters. The molecule has 0 aromatic heterocycles. The van der Waals surface area contributed by atoms with E-state index in [9.17, 15) is 14.4 Å². The fraction of sp³-hybridized carbons (Fsp3) is 0.609. The number of hydrogen-bond acceptors (Lipinski definition) is 3. The third kappa shape index (κ3) is 4.45. The molecule has 0 radical (unpaired) electrons. The van der Waals surface area contributed by atoms with Gasteiger partial charge in [-0.25, -0.2) is 4.90 Å². The molecular weight excluding hydrogens is 352 g/mol. The lowest BCUT2D eigenvalue weighted by Crippen LogP contribution is -2.52. The predicted molar refractivity (Wildman–Crippen MR) is 110 cm³/mol. The highest BCUT2D eigenvalue weighted by Crippen LogP contribution is 2.33. The minimum Gasteiger partial charge on any atom is -0.327 e. The third-order valence-electron chi connectivity index (χ3n) is 5.69. The van der Waals surface area contributed by atoms with Crippen molar-refractivity contribution in [3.05, 3.63) is 29.8 Å². The molecule has 152 valence electrons. The summed E-state index contributed by atoms with van der Waals surface area (Å²) >= 11 is 0. The third-order valence-corrected chi connectivity index (χ3v) is 5.69. The molecule has 1 saturated carbocycles. The molecule has 2 aliphatic rings. The first-order valence-electron chi connectivity index (χ1n) is 10.4. The summed E-state index contributed by atoms with van der Waals surface area (Å²) in [5.74, 6) is -0.485. The Morgan fingerprint density at radius 2 is 1.68 bits per heavy atom. The number of imide groups is 1. The molecule has 1 aromatic carbocycles. The van der Waals surface area contributed by atoms with Crippen LogP contribution in [0.25, 0.3) is 0 Å². The van der Waals surface area contributed by atoms with Crippen LogP contribution in [-0.4, -0.2) is 34.7 Å². The van der Waals surface area contributed by atoms with Gasteiger partial charge in [-0.3, -0.25) is 14.4 Å². The van der Waals surface area contributed by atoms with E-state index in [1.165, 1.54) is 11.3 Å². The van der Waals surface area contributed by atoms with Gasteiger partial charge in [0.15, 0.2) is 0 Å². The van der Waals surface area contributed by atoms with Crippen LogP contribution in [-0.2, 0) is 14.4 Å². The molecule has 0 bridgehead atoms. The fourth-order valence-electron chi connectivity index (χ4n) is 4.33. The van der Waals surface area contributed by atoms with Crippen LogP contribution in [0.1, 0.15) is 71.3 Å². The second-order valence-electron chi connectivity index (χ2n) is 9.45. The molecule has 28 heavy (non-hydrogen) atoms. The van der Waals surface area contributed by atoms with Crippen LogP contribution in [0.4, 0.5) is 5.69 Å². The van der Waals surface area contributed by atoms with Gasteiger partial charge in [-0.05, 0) is 37.3 Å². The van der Waals surface area contributed by atoms with E-state index in [-0.39, 0.29) is 35.6 Å². The predicted octanol–water partition coefficient (Wildman–Crippen LogP) is 4.22. The number of rotatable bonds is 4. The van der Waals surface area contributed by atoms with Crippen molar-refractivity contribution >= 4 is 23.4 Å². The number of carbonyl (C=O) groups is 3. The SMILES string of the molecule is Cc1ccc(N2C(=O)CC(N(C(=O)CC(C)(C)C)C3CCCCC3)C2=O)cc1. The highest BCUT2D eigenvalue weighted by molar-refractivity contribution is 6.23. The van der Waals surface area contributed by atoms with Gasteiger partial charge in [-0.15, -0.1) is 0 Å². The lowest BCUT2D eigenvalue weighted by molar-refractivity contribution is -0.143. The first-order valence-corrected chi connectivity index (χ1v) is 10.4. The minimum atomic E-state index is -0.674. The smallest absolute Gasteiger partial charge is 0.257 e. The van der Waals surface area contributed by atoms with Crippen molar-refractivity contribution < 1.29 is 14.4 Å². The van der Waals surface area contributed by atoms with E-state index >= 15 is 0 Å². The molecule has 0 N–H and O–H groups in total. The zero-order chi connectivity index (χ0) is 20.5. The van der Waals surface area contributed by atoms with Crippen molar-refractivity contribution in [2.75, 3.05) is 4.90 Å². The molecular formula is C23H32N2O3. The van der Waals surface area contributed by atoms with Gasteiger partial charge in [-0.1, -0.05) is 57.7 Å². The van der Waals surface area contributed by atoms with E-state index in [0.29, 0.717) is 12.1 Å². The summed E-state index contributed by atoms with van der Waals surface area (Å²) in [4.78, 5) is 42.3. The van der Waals surface area contributed by atoms with E-state index < -0.39 is 6.04 Å². The molecule has 1 saturated heterocycles. The average Bonchev–Trinajstić information content (AvgIpc) is 2.90. The van der Waals surface area contributed by atoms with E-state index in [1.807, 2.05) is 39.8 Å². The van der Waals surface area contributed by atoms with Gasteiger partial charge >= 0.3 is 0 Å². The van der Waals surface area contributed by atoms with Crippen molar-refractivity contribution in [1.29, 1.82) is 0 Å². The van der Waals surface area contributed by atoms with Gasteiger partial charge in [0.2, 0.25) is 11.8 Å². The normalized spacial score (nSPS) is 21.3.